The van der Waals surface area contributed by atoms with Crippen molar-refractivity contribution in [2.24, 2.45) is 4.99 Å². The molecular weight excluding hydrogens is 535 g/mol. The zero-order valence-electron chi connectivity index (χ0n) is 19.5. The minimum Gasteiger partial charge on any atom is -0.497 e. The number of carbonyl (C=O) groups is 1. The van der Waals surface area contributed by atoms with E-state index < -0.39 is 0 Å². The molecule has 0 atom stereocenters. The van der Waals surface area contributed by atoms with Gasteiger partial charge in [0.25, 0.3) is 0 Å². The molecule has 0 unspecified atom stereocenters. The lowest BCUT2D eigenvalue weighted by atomic mass is 10.2. The molecular formula is C23H35IN6O3. The summed E-state index contributed by atoms with van der Waals surface area (Å²) in [6.45, 7) is 5.50. The van der Waals surface area contributed by atoms with Crippen LogP contribution < -0.4 is 15.4 Å². The summed E-state index contributed by atoms with van der Waals surface area (Å²) in [4.78, 5) is 23.0. The number of nitrogens with one attached hydrogen (secondary N) is 2. The molecule has 0 bridgehead atoms. The fourth-order valence-corrected chi connectivity index (χ4v) is 3.55. The molecule has 2 N–H and O–H groups in total. The molecule has 0 saturated carbocycles. The number of nitrogens with zero attached hydrogens (tertiary/aromatic N) is 4. The van der Waals surface area contributed by atoms with Crippen LogP contribution in [0.25, 0.3) is 11.4 Å². The zero-order valence-corrected chi connectivity index (χ0v) is 21.8. The molecule has 2 aromatic rings. The van der Waals surface area contributed by atoms with Crippen LogP contribution in [-0.2, 0) is 11.2 Å². The van der Waals surface area contributed by atoms with Crippen molar-refractivity contribution in [2.45, 2.75) is 45.4 Å². The summed E-state index contributed by atoms with van der Waals surface area (Å²) in [5.74, 6) is 2.85. The summed E-state index contributed by atoms with van der Waals surface area (Å²) >= 11 is 0. The molecule has 1 saturated heterocycles. The molecule has 1 fully saturated rings. The lowest BCUT2D eigenvalue weighted by molar-refractivity contribution is -0.128. The second kappa shape index (κ2) is 14.7. The van der Waals surface area contributed by atoms with Crippen LogP contribution in [0.15, 0.2) is 33.8 Å². The largest absolute Gasteiger partial charge is 0.497 e. The number of aryl methyl sites for hydroxylation is 1. The Kier molecular flexibility index (Phi) is 12.0. The molecule has 3 rings (SSSR count). The molecule has 0 spiro atoms. The number of amides is 1. The van der Waals surface area contributed by atoms with Crippen LogP contribution in [-0.4, -0.2) is 66.7 Å². The van der Waals surface area contributed by atoms with Gasteiger partial charge >= 0.3 is 0 Å². The Morgan fingerprint density at radius 3 is 2.61 bits per heavy atom. The molecule has 1 aliphatic rings. The number of hydrogen-bond donors (Lipinski definition) is 2. The van der Waals surface area contributed by atoms with Gasteiger partial charge in [-0.3, -0.25) is 4.79 Å². The molecule has 10 heteroatoms. The van der Waals surface area contributed by atoms with Crippen LogP contribution in [0.2, 0.25) is 0 Å². The quantitative estimate of drug-likeness (QED) is 0.185. The Labute approximate surface area is 212 Å². The fourth-order valence-electron chi connectivity index (χ4n) is 3.55. The maximum absolute atomic E-state index is 12.2. The van der Waals surface area contributed by atoms with Crippen molar-refractivity contribution in [2.75, 3.05) is 39.8 Å². The van der Waals surface area contributed by atoms with Crippen LogP contribution in [0.5, 0.6) is 5.75 Å². The van der Waals surface area contributed by atoms with Gasteiger partial charge in [-0.15, -0.1) is 24.0 Å². The number of rotatable bonds is 11. The molecule has 9 nitrogen and oxygen atoms in total. The van der Waals surface area contributed by atoms with Crippen molar-refractivity contribution in [1.82, 2.24) is 25.7 Å². The van der Waals surface area contributed by atoms with Crippen molar-refractivity contribution in [3.05, 3.63) is 30.2 Å². The highest BCUT2D eigenvalue weighted by molar-refractivity contribution is 14.0. The number of likely N-dealkylation sites (tertiary alicyclic amines) is 1. The number of ether oxygens (including phenoxy) is 1. The van der Waals surface area contributed by atoms with Crippen molar-refractivity contribution < 1.29 is 14.1 Å². The second-order valence-corrected chi connectivity index (χ2v) is 7.76. The molecule has 0 radical (unpaired) electrons. The fraction of sp³-hybridized carbons (Fsp3) is 0.565. The Balaban J connectivity index is 0.00000385. The van der Waals surface area contributed by atoms with Crippen molar-refractivity contribution >= 4 is 35.8 Å². The van der Waals surface area contributed by atoms with Gasteiger partial charge < -0.3 is 24.8 Å². The van der Waals surface area contributed by atoms with E-state index in [4.69, 9.17) is 9.26 Å². The van der Waals surface area contributed by atoms with E-state index in [0.717, 1.165) is 76.0 Å². The first-order chi connectivity index (χ1) is 15.7. The van der Waals surface area contributed by atoms with E-state index in [-0.39, 0.29) is 36.4 Å². The van der Waals surface area contributed by atoms with Gasteiger partial charge in [-0.05, 0) is 56.9 Å². The smallest absolute Gasteiger partial charge is 0.244 e. The lowest BCUT2D eigenvalue weighted by Gasteiger charge is -2.15. The van der Waals surface area contributed by atoms with E-state index in [2.05, 4.69) is 25.8 Å². The Morgan fingerprint density at radius 1 is 1.15 bits per heavy atom. The average Bonchev–Trinajstić information content (AvgIpc) is 3.52. The number of aromatic nitrogens is 2. The molecule has 2 heterocycles. The highest BCUT2D eigenvalue weighted by Crippen LogP contribution is 2.20. The van der Waals surface area contributed by atoms with Crippen LogP contribution in [0, 0.1) is 0 Å². The first kappa shape index (κ1) is 26.9. The predicted octanol–water partition coefficient (Wildman–Crippen LogP) is 3.25. The summed E-state index contributed by atoms with van der Waals surface area (Å²) in [5, 5.41) is 10.6. The van der Waals surface area contributed by atoms with Gasteiger partial charge in [-0.1, -0.05) is 11.6 Å². The molecule has 0 aliphatic carbocycles. The Hall–Kier alpha value is -2.37. The minimum absolute atomic E-state index is 0. The van der Waals surface area contributed by atoms with Crippen molar-refractivity contribution in [1.29, 1.82) is 0 Å². The molecule has 1 amide bonds. The predicted molar refractivity (Wildman–Crippen MR) is 139 cm³/mol. The lowest BCUT2D eigenvalue weighted by Crippen LogP contribution is -2.39. The van der Waals surface area contributed by atoms with E-state index >= 15 is 0 Å². The first-order valence-electron chi connectivity index (χ1n) is 11.5. The normalized spacial score (nSPS) is 13.5. The third-order valence-electron chi connectivity index (χ3n) is 5.35. The van der Waals surface area contributed by atoms with E-state index in [1.165, 1.54) is 0 Å². The third-order valence-corrected chi connectivity index (χ3v) is 5.35. The zero-order chi connectivity index (χ0) is 22.6. The number of methoxy groups -OCH3 is 1. The van der Waals surface area contributed by atoms with Crippen molar-refractivity contribution in [3.63, 3.8) is 0 Å². The number of aliphatic imine (C=N–C) groups is 1. The monoisotopic (exact) mass is 570 g/mol. The van der Waals surface area contributed by atoms with E-state index in [9.17, 15) is 4.79 Å². The summed E-state index contributed by atoms with van der Waals surface area (Å²) < 4.78 is 10.5. The third kappa shape index (κ3) is 8.82. The maximum atomic E-state index is 12.2. The van der Waals surface area contributed by atoms with Gasteiger partial charge in [0, 0.05) is 38.2 Å². The molecule has 1 aromatic heterocycles. The average molecular weight is 570 g/mol. The van der Waals surface area contributed by atoms with Crippen LogP contribution in [0.1, 0.15) is 44.9 Å². The number of guanidine groups is 1. The van der Waals surface area contributed by atoms with Gasteiger partial charge in [0.2, 0.25) is 17.6 Å². The number of unbranched alkanes of at least 4 members (excludes halogenated alkanes) is 2. The molecule has 182 valence electrons. The summed E-state index contributed by atoms with van der Waals surface area (Å²) in [5.41, 5.74) is 0.906. The number of benzene rings is 1. The SMILES string of the molecule is CCNC(=NCC(=O)N1CCCC1)NCCCCCc1nc(-c2ccc(OC)cc2)no1.I. The summed E-state index contributed by atoms with van der Waals surface area (Å²) in [6.07, 6.45) is 5.93. The van der Waals surface area contributed by atoms with Gasteiger partial charge in [0.05, 0.1) is 7.11 Å². The van der Waals surface area contributed by atoms with Gasteiger partial charge in [-0.25, -0.2) is 4.99 Å². The van der Waals surface area contributed by atoms with Crippen LogP contribution in [0.3, 0.4) is 0 Å². The van der Waals surface area contributed by atoms with Crippen LogP contribution >= 0.6 is 24.0 Å². The molecule has 1 aliphatic heterocycles. The van der Waals surface area contributed by atoms with Crippen LogP contribution in [0.4, 0.5) is 0 Å². The van der Waals surface area contributed by atoms with Gasteiger partial charge in [0.15, 0.2) is 5.96 Å². The minimum atomic E-state index is 0. The van der Waals surface area contributed by atoms with E-state index in [1.54, 1.807) is 7.11 Å². The van der Waals surface area contributed by atoms with Gasteiger partial charge in [-0.2, -0.15) is 4.98 Å². The highest BCUT2D eigenvalue weighted by Gasteiger charge is 2.17. The van der Waals surface area contributed by atoms with E-state index in [1.807, 2.05) is 36.1 Å². The Morgan fingerprint density at radius 2 is 1.91 bits per heavy atom. The molecule has 1 aromatic carbocycles. The van der Waals surface area contributed by atoms with Gasteiger partial charge in [0.1, 0.15) is 12.3 Å². The molecule has 33 heavy (non-hydrogen) atoms. The number of carbonyl (C=O) groups excluding carboxylic acids is 1. The number of halogens is 1. The van der Waals surface area contributed by atoms with E-state index in [0.29, 0.717) is 17.7 Å². The standard InChI is InChI=1S/C23H34N6O3.HI/c1-3-24-23(26-17-21(30)29-15-7-8-16-29)25-14-6-4-5-9-20-27-22(28-32-20)18-10-12-19(31-2)13-11-18;/h10-13H,3-9,14-17H2,1-2H3,(H2,24,25,26);1H. The number of hydrogen-bond acceptors (Lipinski definition) is 6. The highest BCUT2D eigenvalue weighted by atomic mass is 127. The van der Waals surface area contributed by atoms with Crippen molar-refractivity contribution in [3.8, 4) is 17.1 Å². The topological polar surface area (TPSA) is 105 Å². The summed E-state index contributed by atoms with van der Waals surface area (Å²) in [6, 6.07) is 7.60. The second-order valence-electron chi connectivity index (χ2n) is 7.76. The summed E-state index contributed by atoms with van der Waals surface area (Å²) in [7, 11) is 1.64. The first-order valence-corrected chi connectivity index (χ1v) is 11.5. The maximum Gasteiger partial charge on any atom is 0.244 e. The Bertz CT molecular complexity index is 865.